The Morgan fingerprint density at radius 2 is 1.96 bits per heavy atom. The summed E-state index contributed by atoms with van der Waals surface area (Å²) in [4.78, 5) is 31.2. The molecule has 0 unspecified atom stereocenters. The Morgan fingerprint density at radius 3 is 2.74 bits per heavy atom. The van der Waals surface area contributed by atoms with E-state index < -0.39 is 17.7 Å². The zero-order chi connectivity index (χ0) is 19.4. The van der Waals surface area contributed by atoms with E-state index in [0.717, 1.165) is 12.1 Å². The van der Waals surface area contributed by atoms with Crippen LogP contribution in [0.1, 0.15) is 37.2 Å². The third-order valence-electron chi connectivity index (χ3n) is 4.30. The van der Waals surface area contributed by atoms with Crippen molar-refractivity contribution >= 4 is 16.8 Å². The number of hydrogen-bond donors (Lipinski definition) is 2. The summed E-state index contributed by atoms with van der Waals surface area (Å²) in [6, 6.07) is 10.2. The smallest absolute Gasteiger partial charge is 0.258 e. The Morgan fingerprint density at radius 1 is 1.19 bits per heavy atom. The molecule has 0 saturated carbocycles. The molecule has 1 amide bonds. The number of benzene rings is 2. The Hall–Kier alpha value is -3.09. The van der Waals surface area contributed by atoms with Gasteiger partial charge < -0.3 is 10.3 Å². The van der Waals surface area contributed by atoms with Crippen molar-refractivity contribution in [3.63, 3.8) is 0 Å². The number of para-hydroxylation sites is 1. The zero-order valence-corrected chi connectivity index (χ0v) is 14.8. The fourth-order valence-electron chi connectivity index (χ4n) is 2.85. The van der Waals surface area contributed by atoms with Crippen molar-refractivity contribution < 1.29 is 13.6 Å². The summed E-state index contributed by atoms with van der Waals surface area (Å²) in [5.41, 5.74) is 0.905. The molecule has 140 valence electrons. The van der Waals surface area contributed by atoms with E-state index in [4.69, 9.17) is 0 Å². The minimum atomic E-state index is -0.945. The van der Waals surface area contributed by atoms with Gasteiger partial charge in [-0.3, -0.25) is 9.59 Å². The van der Waals surface area contributed by atoms with Gasteiger partial charge in [0.2, 0.25) is 5.91 Å². The van der Waals surface area contributed by atoms with Crippen molar-refractivity contribution in [1.82, 2.24) is 15.3 Å². The van der Waals surface area contributed by atoms with Gasteiger partial charge in [0.15, 0.2) is 11.6 Å². The molecular formula is C20H19F2N3O2. The Kier molecular flexibility index (Phi) is 5.59. The van der Waals surface area contributed by atoms with E-state index in [1.54, 1.807) is 25.1 Å². The Labute approximate surface area is 154 Å². The number of halogens is 2. The first-order valence-corrected chi connectivity index (χ1v) is 8.66. The van der Waals surface area contributed by atoms with Crippen molar-refractivity contribution in [2.45, 2.75) is 32.2 Å². The van der Waals surface area contributed by atoms with E-state index in [1.807, 2.05) is 6.07 Å². The van der Waals surface area contributed by atoms with Crippen LogP contribution in [-0.4, -0.2) is 15.9 Å². The number of aromatic amines is 1. The van der Waals surface area contributed by atoms with E-state index >= 15 is 0 Å². The molecule has 0 aliphatic heterocycles. The minimum absolute atomic E-state index is 0.202. The highest BCUT2D eigenvalue weighted by atomic mass is 19.2. The first-order chi connectivity index (χ1) is 12.9. The van der Waals surface area contributed by atoms with Crippen LogP contribution in [0.25, 0.3) is 10.9 Å². The normalized spacial score (nSPS) is 12.1. The molecule has 0 radical (unpaired) electrons. The number of carbonyl (C=O) groups is 1. The topological polar surface area (TPSA) is 74.8 Å². The van der Waals surface area contributed by atoms with Crippen LogP contribution in [-0.2, 0) is 11.2 Å². The van der Waals surface area contributed by atoms with Gasteiger partial charge in [0.05, 0.1) is 16.9 Å². The quantitative estimate of drug-likeness (QED) is 0.697. The summed E-state index contributed by atoms with van der Waals surface area (Å²) in [6.07, 6.45) is 1.18. The van der Waals surface area contributed by atoms with Crippen molar-refractivity contribution in [1.29, 1.82) is 0 Å². The first-order valence-electron chi connectivity index (χ1n) is 8.66. The molecule has 5 nitrogen and oxygen atoms in total. The second kappa shape index (κ2) is 8.07. The Balaban J connectivity index is 1.55. The Bertz CT molecular complexity index is 1030. The fourth-order valence-corrected chi connectivity index (χ4v) is 2.85. The van der Waals surface area contributed by atoms with Gasteiger partial charge in [-0.05, 0) is 43.2 Å². The van der Waals surface area contributed by atoms with Crippen molar-refractivity contribution in [3.05, 3.63) is 75.8 Å². The number of hydrogen-bond acceptors (Lipinski definition) is 3. The molecule has 3 rings (SSSR count). The van der Waals surface area contributed by atoms with Crippen molar-refractivity contribution in [2.75, 3.05) is 0 Å². The molecule has 0 saturated heterocycles. The van der Waals surface area contributed by atoms with Crippen molar-refractivity contribution in [2.24, 2.45) is 0 Å². The second-order valence-corrected chi connectivity index (χ2v) is 6.35. The molecule has 0 aliphatic rings. The molecule has 2 N–H and O–H groups in total. The van der Waals surface area contributed by atoms with Gasteiger partial charge in [-0.25, -0.2) is 13.8 Å². The van der Waals surface area contributed by atoms with Gasteiger partial charge in [-0.2, -0.15) is 0 Å². The van der Waals surface area contributed by atoms with Gasteiger partial charge in [-0.15, -0.1) is 0 Å². The van der Waals surface area contributed by atoms with E-state index in [9.17, 15) is 18.4 Å². The minimum Gasteiger partial charge on any atom is -0.350 e. The number of aryl methyl sites for hydroxylation is 1. The lowest BCUT2D eigenvalue weighted by Gasteiger charge is -2.14. The van der Waals surface area contributed by atoms with Crippen LogP contribution < -0.4 is 10.9 Å². The first kappa shape index (κ1) is 18.7. The average Bonchev–Trinajstić information content (AvgIpc) is 2.64. The molecule has 0 bridgehead atoms. The zero-order valence-electron chi connectivity index (χ0n) is 14.8. The van der Waals surface area contributed by atoms with Crippen molar-refractivity contribution in [3.8, 4) is 0 Å². The second-order valence-electron chi connectivity index (χ2n) is 6.35. The highest BCUT2D eigenvalue weighted by molar-refractivity contribution is 5.77. The molecule has 3 aromatic rings. The van der Waals surface area contributed by atoms with E-state index in [0.29, 0.717) is 35.1 Å². The van der Waals surface area contributed by atoms with Gasteiger partial charge in [0.25, 0.3) is 5.56 Å². The summed E-state index contributed by atoms with van der Waals surface area (Å²) in [6.45, 7) is 1.70. The summed E-state index contributed by atoms with van der Waals surface area (Å²) < 4.78 is 26.3. The maximum absolute atomic E-state index is 13.3. The van der Waals surface area contributed by atoms with Crippen LogP contribution in [0, 0.1) is 11.6 Å². The number of H-pyrrole nitrogens is 1. The fraction of sp³-hybridized carbons (Fsp3) is 0.250. The van der Waals surface area contributed by atoms with Crippen LogP contribution in [0.4, 0.5) is 8.78 Å². The van der Waals surface area contributed by atoms with Crippen LogP contribution in [0.3, 0.4) is 0 Å². The predicted molar refractivity (Wildman–Crippen MR) is 98.2 cm³/mol. The highest BCUT2D eigenvalue weighted by Gasteiger charge is 2.12. The summed E-state index contributed by atoms with van der Waals surface area (Å²) in [5, 5.41) is 3.28. The average molecular weight is 371 g/mol. The predicted octanol–water partition coefficient (Wildman–Crippen LogP) is 3.40. The third kappa shape index (κ3) is 4.55. The summed E-state index contributed by atoms with van der Waals surface area (Å²) in [7, 11) is 0. The maximum atomic E-state index is 13.3. The lowest BCUT2D eigenvalue weighted by atomic mass is 10.1. The number of fused-ring (bicyclic) bond motifs is 1. The summed E-state index contributed by atoms with van der Waals surface area (Å²) in [5.74, 6) is -1.55. The standard InChI is InChI=1S/C20H19F2N3O2/c1-12(13-9-10-15(21)16(22)11-13)23-19(26)8-4-7-18-24-17-6-3-2-5-14(17)20(27)25-18/h2-3,5-6,9-12H,4,7-8H2,1H3,(H,23,26)(H,24,25,27)/t12-/m1/s1. The number of carbonyl (C=O) groups excluding carboxylic acids is 1. The van der Waals surface area contributed by atoms with Crippen LogP contribution in [0.5, 0.6) is 0 Å². The SMILES string of the molecule is C[C@@H](NC(=O)CCCc1nc2ccccc2c(=O)[nH]1)c1ccc(F)c(F)c1. The molecule has 1 aromatic heterocycles. The van der Waals surface area contributed by atoms with E-state index in [2.05, 4.69) is 15.3 Å². The largest absolute Gasteiger partial charge is 0.350 e. The number of aromatic nitrogens is 2. The maximum Gasteiger partial charge on any atom is 0.258 e. The molecule has 2 aromatic carbocycles. The van der Waals surface area contributed by atoms with E-state index in [-0.39, 0.29) is 17.9 Å². The monoisotopic (exact) mass is 371 g/mol. The lowest BCUT2D eigenvalue weighted by molar-refractivity contribution is -0.121. The van der Waals surface area contributed by atoms with Gasteiger partial charge in [0.1, 0.15) is 5.82 Å². The third-order valence-corrected chi connectivity index (χ3v) is 4.30. The van der Waals surface area contributed by atoms with Crippen LogP contribution >= 0.6 is 0 Å². The van der Waals surface area contributed by atoms with E-state index in [1.165, 1.54) is 6.07 Å². The van der Waals surface area contributed by atoms with Crippen LogP contribution in [0.15, 0.2) is 47.3 Å². The number of amides is 1. The lowest BCUT2D eigenvalue weighted by Crippen LogP contribution is -2.26. The molecule has 27 heavy (non-hydrogen) atoms. The number of nitrogens with one attached hydrogen (secondary N) is 2. The van der Waals surface area contributed by atoms with Crippen LogP contribution in [0.2, 0.25) is 0 Å². The molecule has 0 spiro atoms. The van der Waals surface area contributed by atoms with Gasteiger partial charge in [-0.1, -0.05) is 18.2 Å². The van der Waals surface area contributed by atoms with Gasteiger partial charge in [0, 0.05) is 12.8 Å². The molecular weight excluding hydrogens is 352 g/mol. The number of nitrogens with zero attached hydrogens (tertiary/aromatic N) is 1. The molecule has 7 heteroatoms. The molecule has 0 aliphatic carbocycles. The molecule has 1 atom stereocenters. The number of rotatable bonds is 6. The molecule has 0 fully saturated rings. The van der Waals surface area contributed by atoms with Gasteiger partial charge >= 0.3 is 0 Å². The summed E-state index contributed by atoms with van der Waals surface area (Å²) >= 11 is 0. The molecule has 1 heterocycles. The highest BCUT2D eigenvalue weighted by Crippen LogP contribution is 2.16.